The maximum atomic E-state index is 10.9. The van der Waals surface area contributed by atoms with E-state index in [2.05, 4.69) is 0 Å². The molecule has 0 aliphatic rings. The zero-order valence-corrected chi connectivity index (χ0v) is 18.5. The van der Waals surface area contributed by atoms with E-state index in [1.807, 2.05) is 6.26 Å². The second kappa shape index (κ2) is 10.2. The van der Waals surface area contributed by atoms with Crippen molar-refractivity contribution < 1.29 is 87.8 Å². The van der Waals surface area contributed by atoms with Crippen molar-refractivity contribution in [2.75, 3.05) is 6.26 Å². The van der Waals surface area contributed by atoms with Gasteiger partial charge in [-0.3, -0.25) is 0 Å². The van der Waals surface area contributed by atoms with E-state index in [0.29, 0.717) is 16.7 Å². The third-order valence-electron chi connectivity index (χ3n) is 1.86. The third kappa shape index (κ3) is 8.18. The van der Waals surface area contributed by atoms with Crippen molar-refractivity contribution in [2.45, 2.75) is 14.5 Å². The largest absolute Gasteiger partial charge is 1.00 e. The fourth-order valence-electron chi connectivity index (χ4n) is 1.09. The topological polar surface area (TPSA) is 121 Å². The average Bonchev–Trinajstić information content (AvgIpc) is 2.23. The van der Waals surface area contributed by atoms with Gasteiger partial charge in [-0.15, -0.1) is 23.5 Å². The fourth-order valence-corrected chi connectivity index (χ4v) is 5.31. The molecule has 2 atom stereocenters. The summed E-state index contributed by atoms with van der Waals surface area (Å²) in [6.45, 7) is 0. The van der Waals surface area contributed by atoms with Crippen molar-refractivity contribution >= 4 is 38.7 Å². The van der Waals surface area contributed by atoms with Crippen LogP contribution in [0.25, 0.3) is 0 Å². The summed E-state index contributed by atoms with van der Waals surface area (Å²) in [6.07, 6.45) is 1.85. The summed E-state index contributed by atoms with van der Waals surface area (Å²) in [6, 6.07) is 6.36. The normalized spacial score (nSPS) is 17.9. The monoisotopic (exact) mass is 374 g/mol. The molecule has 0 aliphatic carbocycles. The summed E-state index contributed by atoms with van der Waals surface area (Å²) in [5.74, 6) is 0. The predicted octanol–water partition coefficient (Wildman–Crippen LogP) is -5.12. The molecule has 0 amide bonds. The molecule has 0 fully saturated rings. The van der Waals surface area contributed by atoms with Crippen LogP contribution >= 0.6 is 38.7 Å². The molecule has 0 aromatic heterocycles. The van der Waals surface area contributed by atoms with E-state index in [-0.39, 0.29) is 59.1 Å². The summed E-state index contributed by atoms with van der Waals surface area (Å²) in [4.78, 5) is 40.7. The van der Waals surface area contributed by atoms with Crippen molar-refractivity contribution in [3.05, 3.63) is 24.3 Å². The van der Waals surface area contributed by atoms with Crippen LogP contribution in [0.3, 0.4) is 0 Å². The van der Waals surface area contributed by atoms with Gasteiger partial charge in [0.15, 0.2) is 15.2 Å². The van der Waals surface area contributed by atoms with Gasteiger partial charge in [0.1, 0.15) is 4.73 Å². The van der Waals surface area contributed by atoms with E-state index in [1.165, 1.54) is 23.9 Å². The van der Waals surface area contributed by atoms with E-state index in [4.69, 9.17) is 9.79 Å². The number of thioether (sulfide) groups is 2. The zero-order chi connectivity index (χ0) is 14.0. The van der Waals surface area contributed by atoms with Gasteiger partial charge in [-0.1, -0.05) is 0 Å². The minimum atomic E-state index is -5.20. The predicted molar refractivity (Wildman–Crippen MR) is 67.5 cm³/mol. The molecule has 0 bridgehead atoms. The van der Waals surface area contributed by atoms with Crippen LogP contribution in [0, 0.1) is 0 Å². The molecule has 2 unspecified atom stereocenters. The third-order valence-corrected chi connectivity index (χ3v) is 8.46. The first kappa shape index (κ1) is 24.5. The zero-order valence-electron chi connectivity index (χ0n) is 11.1. The minimum Gasteiger partial charge on any atom is -0.777 e. The number of rotatable bonds is 5. The van der Waals surface area contributed by atoms with Crippen molar-refractivity contribution in [3.63, 3.8) is 0 Å². The summed E-state index contributed by atoms with van der Waals surface area (Å²) in [5.41, 5.74) is 0. The maximum Gasteiger partial charge on any atom is 1.00 e. The molecule has 0 saturated heterocycles. The van der Waals surface area contributed by atoms with E-state index in [9.17, 15) is 18.9 Å². The van der Waals surface area contributed by atoms with Gasteiger partial charge in [-0.05, 0) is 30.5 Å². The molecule has 0 radical (unpaired) electrons. The van der Waals surface area contributed by atoms with E-state index in [1.54, 1.807) is 12.1 Å². The van der Waals surface area contributed by atoms with E-state index in [0.717, 1.165) is 4.90 Å². The second-order valence-corrected chi connectivity index (χ2v) is 9.70. The Balaban J connectivity index is 0. The summed E-state index contributed by atoms with van der Waals surface area (Å²) >= 11 is 1.83. The van der Waals surface area contributed by atoms with Crippen LogP contribution < -0.4 is 68.9 Å². The van der Waals surface area contributed by atoms with Crippen LogP contribution in [-0.4, -0.2) is 20.8 Å². The number of benzene rings is 1. The van der Waals surface area contributed by atoms with Crippen LogP contribution in [0.4, 0.5) is 0 Å². The molecule has 0 heterocycles. The molecule has 1 rings (SSSR count). The van der Waals surface area contributed by atoms with Gasteiger partial charge in [0, 0.05) is 9.79 Å². The molecular formula is C8H10Na2O6P2S2. The molecule has 2 N–H and O–H groups in total. The molecule has 0 spiro atoms. The molecule has 0 saturated carbocycles. The first-order valence-electron chi connectivity index (χ1n) is 4.52. The van der Waals surface area contributed by atoms with Crippen LogP contribution in [-0.2, 0) is 9.13 Å². The molecule has 20 heavy (non-hydrogen) atoms. The fraction of sp³-hybridized carbons (Fsp3) is 0.250. The second-order valence-electron chi connectivity index (χ2n) is 3.25. The first-order chi connectivity index (χ1) is 8.14. The summed E-state index contributed by atoms with van der Waals surface area (Å²) in [5, 5.41) is 0. The maximum absolute atomic E-state index is 10.9. The number of hydrogen-bond acceptors (Lipinski definition) is 6. The minimum absolute atomic E-state index is 0. The van der Waals surface area contributed by atoms with Crippen molar-refractivity contribution in [1.82, 2.24) is 0 Å². The Kier molecular flexibility index (Phi) is 12.4. The van der Waals surface area contributed by atoms with Crippen LogP contribution in [0.1, 0.15) is 0 Å². The Labute approximate surface area is 169 Å². The van der Waals surface area contributed by atoms with Gasteiger partial charge in [0.05, 0.1) is 0 Å². The van der Waals surface area contributed by atoms with Gasteiger partial charge >= 0.3 is 59.1 Å². The van der Waals surface area contributed by atoms with Crippen LogP contribution in [0.2, 0.25) is 0 Å². The molecule has 12 heteroatoms. The van der Waals surface area contributed by atoms with Crippen molar-refractivity contribution in [3.8, 4) is 0 Å². The SMILES string of the molecule is CSc1ccc(SC(P(=O)([O-])O)P(=O)([O-])O)cc1.[Na+].[Na+]. The van der Waals surface area contributed by atoms with Gasteiger partial charge in [0.2, 0.25) is 0 Å². The number of hydrogen-bond donors (Lipinski definition) is 2. The molecule has 1 aromatic carbocycles. The van der Waals surface area contributed by atoms with Crippen molar-refractivity contribution in [1.29, 1.82) is 0 Å². The molecular weight excluding hydrogens is 364 g/mol. The van der Waals surface area contributed by atoms with Gasteiger partial charge in [-0.2, -0.15) is 0 Å². The Hall–Kier alpha value is 2.22. The summed E-state index contributed by atoms with van der Waals surface area (Å²) in [7, 11) is -10.4. The first-order valence-corrected chi connectivity index (χ1v) is 9.92. The standard InChI is InChI=1S/C8H12O6P2S2.2Na/c1-17-6-2-4-7(5-3-6)18-8(15(9,10)11)16(12,13)14;;/h2-5,8H,1H3,(H2,9,10,11)(H2,12,13,14);;/q;2*+1/p-2. The van der Waals surface area contributed by atoms with Gasteiger partial charge in [-0.25, -0.2) is 0 Å². The molecule has 1 aromatic rings. The Morgan fingerprint density at radius 3 is 1.65 bits per heavy atom. The van der Waals surface area contributed by atoms with E-state index >= 15 is 0 Å². The Bertz CT molecular complexity index is 480. The van der Waals surface area contributed by atoms with Crippen LogP contribution in [0.5, 0.6) is 0 Å². The molecule has 0 aliphatic heterocycles. The van der Waals surface area contributed by atoms with Crippen molar-refractivity contribution in [2.24, 2.45) is 0 Å². The molecule has 102 valence electrons. The van der Waals surface area contributed by atoms with Gasteiger partial charge < -0.3 is 28.7 Å². The van der Waals surface area contributed by atoms with Crippen LogP contribution in [0.15, 0.2) is 34.1 Å². The smallest absolute Gasteiger partial charge is 0.777 e. The molecule has 6 nitrogen and oxygen atoms in total. The Morgan fingerprint density at radius 2 is 1.35 bits per heavy atom. The quantitative estimate of drug-likeness (QED) is 0.298. The summed E-state index contributed by atoms with van der Waals surface area (Å²) < 4.78 is 19.6. The van der Waals surface area contributed by atoms with E-state index < -0.39 is 19.9 Å². The average molecular weight is 374 g/mol. The van der Waals surface area contributed by atoms with Gasteiger partial charge in [0.25, 0.3) is 0 Å². The Morgan fingerprint density at radius 1 is 1.00 bits per heavy atom.